The van der Waals surface area contributed by atoms with E-state index in [2.05, 4.69) is 10.2 Å². The van der Waals surface area contributed by atoms with Gasteiger partial charge in [0.2, 0.25) is 0 Å². The van der Waals surface area contributed by atoms with Crippen LogP contribution in [0.5, 0.6) is 11.5 Å². The molecule has 3 N–H and O–H groups in total. The van der Waals surface area contributed by atoms with Crippen molar-refractivity contribution in [1.82, 2.24) is 10.4 Å². The molecule has 0 spiro atoms. The number of hydrogen-bond donors (Lipinski definition) is 3. The Bertz CT molecular complexity index is 1110. The SMILES string of the molecule is COC(=O)CO[C@@H]1C=CC[C@@H](C)OC(=O)c2c(O)cc(O)cc2/C=C(\NOCC(=O)N2CCCCC2)C=CC1. The number of fused-ring (bicyclic) bond motifs is 1. The maximum absolute atomic E-state index is 13.0. The lowest BCUT2D eigenvalue weighted by Crippen LogP contribution is -2.39. The maximum Gasteiger partial charge on any atom is 0.342 e. The van der Waals surface area contributed by atoms with Crippen LogP contribution >= 0.6 is 0 Å². The first-order valence-electron chi connectivity index (χ1n) is 12.9. The summed E-state index contributed by atoms with van der Waals surface area (Å²) < 4.78 is 15.8. The van der Waals surface area contributed by atoms with E-state index in [4.69, 9.17) is 14.3 Å². The zero-order valence-corrected chi connectivity index (χ0v) is 22.3. The number of piperidine rings is 1. The minimum Gasteiger partial charge on any atom is -0.508 e. The average molecular weight is 545 g/mol. The molecule has 39 heavy (non-hydrogen) atoms. The number of benzene rings is 1. The number of ether oxygens (including phenoxy) is 3. The number of carbonyl (C=O) groups excluding carboxylic acids is 3. The normalized spacial score (nSPS) is 21.6. The zero-order chi connectivity index (χ0) is 28.2. The molecule has 3 rings (SSSR count). The van der Waals surface area contributed by atoms with Crippen LogP contribution in [0.15, 0.2) is 42.1 Å². The van der Waals surface area contributed by atoms with Crippen LogP contribution in [0, 0.1) is 0 Å². The molecule has 0 aromatic heterocycles. The monoisotopic (exact) mass is 544 g/mol. The fourth-order valence-corrected chi connectivity index (χ4v) is 4.14. The molecule has 1 aromatic rings. The Morgan fingerprint density at radius 1 is 1.10 bits per heavy atom. The Balaban J connectivity index is 1.87. The van der Waals surface area contributed by atoms with Gasteiger partial charge in [0.05, 0.1) is 18.9 Å². The smallest absolute Gasteiger partial charge is 0.342 e. The Kier molecular flexibility index (Phi) is 11.4. The lowest BCUT2D eigenvalue weighted by molar-refractivity contribution is -0.147. The molecule has 0 saturated carbocycles. The third-order valence-corrected chi connectivity index (χ3v) is 6.18. The van der Waals surface area contributed by atoms with Gasteiger partial charge in [0, 0.05) is 25.6 Å². The van der Waals surface area contributed by atoms with Crippen LogP contribution in [0.2, 0.25) is 0 Å². The van der Waals surface area contributed by atoms with E-state index >= 15 is 0 Å². The number of phenolic OH excluding ortho intramolecular Hbond substituents is 2. The summed E-state index contributed by atoms with van der Waals surface area (Å²) in [5.74, 6) is -2.14. The largest absolute Gasteiger partial charge is 0.508 e. The number of cyclic esters (lactones) is 1. The number of amides is 1. The van der Waals surface area contributed by atoms with Gasteiger partial charge >= 0.3 is 11.9 Å². The molecule has 2 aliphatic heterocycles. The molecule has 2 aliphatic rings. The minimum atomic E-state index is -0.778. The van der Waals surface area contributed by atoms with E-state index in [0.717, 1.165) is 25.3 Å². The Labute approximate surface area is 227 Å². The van der Waals surface area contributed by atoms with Crippen LogP contribution in [-0.2, 0) is 28.6 Å². The predicted molar refractivity (Wildman–Crippen MR) is 141 cm³/mol. The number of hydroxylamine groups is 1. The Hall–Kier alpha value is -3.83. The van der Waals surface area contributed by atoms with Gasteiger partial charge in [-0.15, -0.1) is 0 Å². The fraction of sp³-hybridized carbons (Fsp3) is 0.464. The van der Waals surface area contributed by atoms with Crippen molar-refractivity contribution in [1.29, 1.82) is 0 Å². The summed E-state index contributed by atoms with van der Waals surface area (Å²) in [5.41, 5.74) is 3.10. The van der Waals surface area contributed by atoms with E-state index in [0.29, 0.717) is 31.6 Å². The van der Waals surface area contributed by atoms with Gasteiger partial charge in [-0.2, -0.15) is 0 Å². The highest BCUT2D eigenvalue weighted by Crippen LogP contribution is 2.30. The first-order valence-corrected chi connectivity index (χ1v) is 12.9. The van der Waals surface area contributed by atoms with E-state index in [1.807, 2.05) is 0 Å². The second-order valence-corrected chi connectivity index (χ2v) is 9.30. The summed E-state index contributed by atoms with van der Waals surface area (Å²) in [6.07, 6.45) is 11.1. The molecular weight excluding hydrogens is 508 g/mol. The summed E-state index contributed by atoms with van der Waals surface area (Å²) in [4.78, 5) is 44.3. The van der Waals surface area contributed by atoms with Crippen molar-refractivity contribution in [2.24, 2.45) is 0 Å². The highest BCUT2D eigenvalue weighted by molar-refractivity contribution is 5.97. The first kappa shape index (κ1) is 29.7. The van der Waals surface area contributed by atoms with Gasteiger partial charge in [-0.3, -0.25) is 15.1 Å². The molecule has 0 radical (unpaired) electrons. The Morgan fingerprint density at radius 3 is 2.62 bits per heavy atom. The average Bonchev–Trinajstić information content (AvgIpc) is 2.90. The molecule has 11 nitrogen and oxygen atoms in total. The molecule has 0 unspecified atom stereocenters. The van der Waals surface area contributed by atoms with Crippen LogP contribution in [0.25, 0.3) is 6.08 Å². The highest BCUT2D eigenvalue weighted by atomic mass is 16.6. The second kappa shape index (κ2) is 14.9. The topological polar surface area (TPSA) is 144 Å². The summed E-state index contributed by atoms with van der Waals surface area (Å²) in [7, 11) is 1.27. The molecular formula is C28H36N2O9. The Morgan fingerprint density at radius 2 is 1.87 bits per heavy atom. The number of esters is 2. The van der Waals surface area contributed by atoms with E-state index in [1.54, 1.807) is 36.1 Å². The number of hydrogen-bond acceptors (Lipinski definition) is 10. The van der Waals surface area contributed by atoms with Crippen LogP contribution in [0.3, 0.4) is 0 Å². The molecule has 1 amide bonds. The van der Waals surface area contributed by atoms with Gasteiger partial charge in [-0.05, 0) is 56.4 Å². The van der Waals surface area contributed by atoms with Crippen LogP contribution < -0.4 is 5.48 Å². The van der Waals surface area contributed by atoms with Gasteiger partial charge in [-0.1, -0.05) is 18.2 Å². The van der Waals surface area contributed by atoms with E-state index in [9.17, 15) is 24.6 Å². The number of nitrogens with zero attached hydrogens (tertiary/aromatic N) is 1. The number of rotatable bonds is 7. The van der Waals surface area contributed by atoms with Gasteiger partial charge in [0.25, 0.3) is 5.91 Å². The van der Waals surface area contributed by atoms with Gasteiger partial charge in [0.1, 0.15) is 29.8 Å². The molecule has 0 aliphatic carbocycles. The fourth-order valence-electron chi connectivity index (χ4n) is 4.14. The van der Waals surface area contributed by atoms with Gasteiger partial charge < -0.3 is 29.3 Å². The number of aromatic hydroxyl groups is 2. The molecule has 1 aromatic carbocycles. The van der Waals surface area contributed by atoms with E-state index in [1.165, 1.54) is 19.3 Å². The lowest BCUT2D eigenvalue weighted by atomic mass is 10.0. The molecule has 2 heterocycles. The van der Waals surface area contributed by atoms with Crippen molar-refractivity contribution in [3.63, 3.8) is 0 Å². The van der Waals surface area contributed by atoms with Crippen LogP contribution in [0.4, 0.5) is 0 Å². The van der Waals surface area contributed by atoms with Crippen molar-refractivity contribution >= 4 is 23.9 Å². The molecule has 0 bridgehead atoms. The minimum absolute atomic E-state index is 0.128. The van der Waals surface area contributed by atoms with Crippen molar-refractivity contribution < 1.29 is 43.6 Å². The lowest BCUT2D eigenvalue weighted by Gasteiger charge is -2.26. The van der Waals surface area contributed by atoms with Crippen LogP contribution in [-0.4, -0.2) is 78.6 Å². The van der Waals surface area contributed by atoms with Crippen LogP contribution in [0.1, 0.15) is 54.9 Å². The summed E-state index contributed by atoms with van der Waals surface area (Å²) >= 11 is 0. The molecule has 11 heteroatoms. The molecule has 1 fully saturated rings. The molecule has 212 valence electrons. The summed E-state index contributed by atoms with van der Waals surface area (Å²) in [6.45, 7) is 2.63. The number of likely N-dealkylation sites (tertiary alicyclic amines) is 1. The second-order valence-electron chi connectivity index (χ2n) is 9.30. The third-order valence-electron chi connectivity index (χ3n) is 6.18. The standard InChI is InChI=1S/C28H36N2O9/c1-19-8-6-10-23(37-18-26(34)36-2)11-7-9-21(29-38-17-25(33)30-12-4-3-5-13-30)14-20-15-22(31)16-24(32)27(20)28(35)39-19/h6-7,9-10,14-16,19,23,29,31-32H,3-5,8,11-13,17-18H2,1-2H3/b9-7?,10-6?,21-14-/t19-,23-/m1/s1. The number of allylic oxidation sites excluding steroid dienone is 1. The van der Waals surface area contributed by atoms with Gasteiger partial charge in [0.15, 0.2) is 6.61 Å². The quantitative estimate of drug-likeness (QED) is 0.266. The summed E-state index contributed by atoms with van der Waals surface area (Å²) in [6, 6.07) is 2.37. The van der Waals surface area contributed by atoms with E-state index < -0.39 is 29.9 Å². The number of phenols is 2. The summed E-state index contributed by atoms with van der Waals surface area (Å²) in [5, 5.41) is 20.6. The van der Waals surface area contributed by atoms with Crippen molar-refractivity contribution in [2.45, 2.75) is 51.2 Å². The highest BCUT2D eigenvalue weighted by Gasteiger charge is 2.21. The molecule has 1 saturated heterocycles. The first-order chi connectivity index (χ1) is 18.8. The predicted octanol–water partition coefficient (Wildman–Crippen LogP) is 2.98. The number of carbonyl (C=O) groups is 3. The van der Waals surface area contributed by atoms with E-state index in [-0.39, 0.29) is 36.0 Å². The van der Waals surface area contributed by atoms with Gasteiger partial charge in [-0.25, -0.2) is 9.59 Å². The van der Waals surface area contributed by atoms with Crippen molar-refractivity contribution in [3.05, 3.63) is 53.3 Å². The molecule has 2 atom stereocenters. The maximum atomic E-state index is 13.0. The zero-order valence-electron chi connectivity index (χ0n) is 22.3. The van der Waals surface area contributed by atoms with Crippen molar-refractivity contribution in [3.8, 4) is 11.5 Å². The third kappa shape index (κ3) is 9.45. The number of methoxy groups -OCH3 is 1. The number of nitrogens with one attached hydrogen (secondary N) is 1. The van der Waals surface area contributed by atoms with Crippen molar-refractivity contribution in [2.75, 3.05) is 33.4 Å².